The van der Waals surface area contributed by atoms with Gasteiger partial charge in [-0.05, 0) is 37.1 Å². The second kappa shape index (κ2) is 6.52. The number of hydrogen-bond donors (Lipinski definition) is 1. The fourth-order valence-corrected chi connectivity index (χ4v) is 2.48. The summed E-state index contributed by atoms with van der Waals surface area (Å²) >= 11 is 0. The molecule has 0 aliphatic carbocycles. The maximum atomic E-state index is 3.47. The third kappa shape index (κ3) is 6.94. The molecule has 0 saturated carbocycles. The molecule has 1 heteroatoms. The molecule has 3 unspecified atom stereocenters. The minimum Gasteiger partial charge on any atom is -0.317 e. The zero-order valence-corrected chi connectivity index (χ0v) is 11.9. The van der Waals surface area contributed by atoms with Crippen LogP contribution in [0.1, 0.15) is 60.8 Å². The molecule has 0 aromatic carbocycles. The molecule has 0 aliphatic rings. The molecule has 0 fully saturated rings. The Labute approximate surface area is 97.0 Å². The number of rotatable bonds is 6. The molecular weight excluding hydrogens is 182 g/mol. The Morgan fingerprint density at radius 2 is 1.67 bits per heavy atom. The number of hydrogen-bond acceptors (Lipinski definition) is 1. The molecule has 1 N–H and O–H groups in total. The topological polar surface area (TPSA) is 12.0 Å². The Morgan fingerprint density at radius 3 is 2.00 bits per heavy atom. The summed E-state index contributed by atoms with van der Waals surface area (Å²) in [6, 6.07) is 0.687. The first-order valence-corrected chi connectivity index (χ1v) is 6.47. The second-order valence-electron chi connectivity index (χ2n) is 6.39. The molecule has 0 aliphatic heterocycles. The van der Waals surface area contributed by atoms with Gasteiger partial charge >= 0.3 is 0 Å². The quantitative estimate of drug-likeness (QED) is 0.701. The Balaban J connectivity index is 4.07. The monoisotopic (exact) mass is 213 g/mol. The first-order chi connectivity index (χ1) is 6.80. The summed E-state index contributed by atoms with van der Waals surface area (Å²) in [5.41, 5.74) is 0.465. The Bertz CT molecular complexity index is 157. The van der Waals surface area contributed by atoms with Crippen molar-refractivity contribution in [1.29, 1.82) is 0 Å². The van der Waals surface area contributed by atoms with Crippen molar-refractivity contribution in [2.24, 2.45) is 17.3 Å². The van der Waals surface area contributed by atoms with E-state index in [-0.39, 0.29) is 0 Å². The predicted molar refractivity (Wildman–Crippen MR) is 70.2 cm³/mol. The van der Waals surface area contributed by atoms with Crippen LogP contribution >= 0.6 is 0 Å². The van der Waals surface area contributed by atoms with Crippen LogP contribution in [0, 0.1) is 17.3 Å². The molecule has 0 bridgehead atoms. The molecule has 1 nitrogen and oxygen atoms in total. The van der Waals surface area contributed by atoms with Crippen molar-refractivity contribution in [2.45, 2.75) is 66.8 Å². The van der Waals surface area contributed by atoms with E-state index in [0.29, 0.717) is 11.5 Å². The fraction of sp³-hybridized carbons (Fsp3) is 1.00. The van der Waals surface area contributed by atoms with Crippen LogP contribution in [0.4, 0.5) is 0 Å². The molecule has 92 valence electrons. The molecule has 0 heterocycles. The lowest BCUT2D eigenvalue weighted by atomic mass is 9.81. The maximum absolute atomic E-state index is 3.47. The molecule has 0 aromatic heterocycles. The molecule has 0 radical (unpaired) electrons. The predicted octanol–water partition coefficient (Wildman–Crippen LogP) is 4.08. The van der Waals surface area contributed by atoms with E-state index in [9.17, 15) is 0 Å². The SMILES string of the molecule is CCC(C)C(CC(C)CC(C)(C)C)NC. The van der Waals surface area contributed by atoms with Gasteiger partial charge in [-0.3, -0.25) is 0 Å². The second-order valence-corrected chi connectivity index (χ2v) is 6.39. The molecule has 3 atom stereocenters. The molecule has 0 saturated heterocycles. The van der Waals surface area contributed by atoms with Crippen LogP contribution in [0.15, 0.2) is 0 Å². The van der Waals surface area contributed by atoms with Crippen LogP contribution < -0.4 is 5.32 Å². The summed E-state index contributed by atoms with van der Waals surface area (Å²) < 4.78 is 0. The zero-order valence-electron chi connectivity index (χ0n) is 11.9. The number of nitrogens with one attached hydrogen (secondary N) is 1. The van der Waals surface area contributed by atoms with Crippen molar-refractivity contribution < 1.29 is 0 Å². The van der Waals surface area contributed by atoms with E-state index in [2.05, 4.69) is 53.9 Å². The molecule has 15 heavy (non-hydrogen) atoms. The summed E-state index contributed by atoms with van der Waals surface area (Å²) in [5.74, 6) is 1.61. The first kappa shape index (κ1) is 15.0. The summed E-state index contributed by atoms with van der Waals surface area (Å²) in [6.45, 7) is 14.0. The van der Waals surface area contributed by atoms with Gasteiger partial charge in [-0.15, -0.1) is 0 Å². The third-order valence-electron chi connectivity index (χ3n) is 3.32. The highest BCUT2D eigenvalue weighted by Gasteiger charge is 2.20. The average molecular weight is 213 g/mol. The van der Waals surface area contributed by atoms with Gasteiger partial charge in [0.1, 0.15) is 0 Å². The first-order valence-electron chi connectivity index (χ1n) is 6.47. The average Bonchev–Trinajstić information content (AvgIpc) is 2.10. The van der Waals surface area contributed by atoms with Crippen LogP contribution in [0.2, 0.25) is 0 Å². The Morgan fingerprint density at radius 1 is 1.13 bits per heavy atom. The van der Waals surface area contributed by atoms with Crippen molar-refractivity contribution in [2.75, 3.05) is 7.05 Å². The smallest absolute Gasteiger partial charge is 0.00921 e. The molecule has 0 amide bonds. The third-order valence-corrected chi connectivity index (χ3v) is 3.32. The Hall–Kier alpha value is -0.0400. The molecule has 0 rings (SSSR count). The standard InChI is InChI=1S/C14H31N/c1-8-12(3)13(15-7)9-11(2)10-14(4,5)6/h11-13,15H,8-10H2,1-7H3. The highest BCUT2D eigenvalue weighted by atomic mass is 14.9. The van der Waals surface area contributed by atoms with Gasteiger partial charge in [0.15, 0.2) is 0 Å². The van der Waals surface area contributed by atoms with E-state index in [0.717, 1.165) is 11.8 Å². The lowest BCUT2D eigenvalue weighted by molar-refractivity contribution is 0.252. The molecule has 0 aromatic rings. The largest absolute Gasteiger partial charge is 0.317 e. The Kier molecular flexibility index (Phi) is 6.51. The van der Waals surface area contributed by atoms with E-state index in [4.69, 9.17) is 0 Å². The van der Waals surface area contributed by atoms with Gasteiger partial charge in [-0.25, -0.2) is 0 Å². The molecule has 0 spiro atoms. The van der Waals surface area contributed by atoms with Gasteiger partial charge in [0.2, 0.25) is 0 Å². The van der Waals surface area contributed by atoms with Gasteiger partial charge in [-0.1, -0.05) is 48.0 Å². The highest BCUT2D eigenvalue weighted by Crippen LogP contribution is 2.28. The highest BCUT2D eigenvalue weighted by molar-refractivity contribution is 4.76. The van der Waals surface area contributed by atoms with Gasteiger partial charge in [0.05, 0.1) is 0 Å². The van der Waals surface area contributed by atoms with Crippen molar-refractivity contribution in [3.63, 3.8) is 0 Å². The van der Waals surface area contributed by atoms with Crippen molar-refractivity contribution in [3.8, 4) is 0 Å². The van der Waals surface area contributed by atoms with E-state index in [1.54, 1.807) is 0 Å². The van der Waals surface area contributed by atoms with Gasteiger partial charge in [0.25, 0.3) is 0 Å². The van der Waals surface area contributed by atoms with E-state index in [1.807, 2.05) is 0 Å². The van der Waals surface area contributed by atoms with Gasteiger partial charge in [0, 0.05) is 6.04 Å². The fourth-order valence-electron chi connectivity index (χ4n) is 2.48. The van der Waals surface area contributed by atoms with Crippen LogP contribution in [-0.2, 0) is 0 Å². The lowest BCUT2D eigenvalue weighted by Crippen LogP contribution is -2.34. The summed E-state index contributed by atoms with van der Waals surface area (Å²) in [5, 5.41) is 3.47. The van der Waals surface area contributed by atoms with E-state index >= 15 is 0 Å². The van der Waals surface area contributed by atoms with Crippen LogP contribution in [0.3, 0.4) is 0 Å². The van der Waals surface area contributed by atoms with Gasteiger partial charge in [-0.2, -0.15) is 0 Å². The lowest BCUT2D eigenvalue weighted by Gasteiger charge is -2.29. The minimum absolute atomic E-state index is 0.465. The van der Waals surface area contributed by atoms with Crippen LogP contribution in [-0.4, -0.2) is 13.1 Å². The maximum Gasteiger partial charge on any atom is 0.00921 e. The van der Waals surface area contributed by atoms with Crippen LogP contribution in [0.25, 0.3) is 0 Å². The zero-order chi connectivity index (χ0) is 12.1. The summed E-state index contributed by atoms with van der Waals surface area (Å²) in [7, 11) is 2.10. The van der Waals surface area contributed by atoms with Crippen LogP contribution in [0.5, 0.6) is 0 Å². The van der Waals surface area contributed by atoms with Crippen molar-refractivity contribution in [1.82, 2.24) is 5.32 Å². The van der Waals surface area contributed by atoms with E-state index < -0.39 is 0 Å². The normalized spacial score (nSPS) is 18.6. The van der Waals surface area contributed by atoms with Gasteiger partial charge < -0.3 is 5.32 Å². The van der Waals surface area contributed by atoms with E-state index in [1.165, 1.54) is 19.3 Å². The molecular formula is C14H31N. The van der Waals surface area contributed by atoms with Crippen molar-refractivity contribution in [3.05, 3.63) is 0 Å². The summed E-state index contributed by atoms with van der Waals surface area (Å²) in [4.78, 5) is 0. The minimum atomic E-state index is 0.465. The summed E-state index contributed by atoms with van der Waals surface area (Å²) in [6.07, 6.45) is 3.90. The van der Waals surface area contributed by atoms with Crippen molar-refractivity contribution >= 4 is 0 Å².